The van der Waals surface area contributed by atoms with E-state index in [2.05, 4.69) is 18.0 Å². The van der Waals surface area contributed by atoms with Crippen LogP contribution in [0, 0.1) is 17.8 Å². The first-order chi connectivity index (χ1) is 12.1. The van der Waals surface area contributed by atoms with Crippen molar-refractivity contribution in [1.82, 2.24) is 9.80 Å². The average molecular weight is 352 g/mol. The largest absolute Gasteiger partial charge is 0.459 e. The Kier molecular flexibility index (Phi) is 6.36. The van der Waals surface area contributed by atoms with Gasteiger partial charge in [0.15, 0.2) is 5.76 Å². The molecule has 1 saturated heterocycles. The van der Waals surface area contributed by atoms with E-state index < -0.39 is 0 Å². The number of piperazine rings is 1. The smallest absolute Gasteiger partial charge is 0.288 e. The Hall–Kier alpha value is -1.11. The number of aliphatic hydroxyl groups excluding tert-OH is 1. The molecule has 0 aromatic heterocycles. The molecule has 3 aliphatic rings. The summed E-state index contributed by atoms with van der Waals surface area (Å²) in [6.45, 7) is 6.00. The molecular formula is C19H32N2O4. The second-order valence-corrected chi connectivity index (χ2v) is 7.51. The number of hydrogen-bond donors (Lipinski definition) is 1. The lowest BCUT2D eigenvalue weighted by atomic mass is 9.82. The first-order valence-electron chi connectivity index (χ1n) is 9.72. The number of ether oxygens (including phenoxy) is 2. The molecular weight excluding hydrogens is 320 g/mol. The van der Waals surface area contributed by atoms with Crippen LogP contribution in [0.4, 0.5) is 0 Å². The number of carbonyl (C=O) groups excluding carboxylic acids is 1. The van der Waals surface area contributed by atoms with Crippen molar-refractivity contribution in [3.05, 3.63) is 11.8 Å². The van der Waals surface area contributed by atoms with Crippen molar-refractivity contribution >= 4 is 5.91 Å². The molecule has 0 aromatic carbocycles. The molecule has 6 nitrogen and oxygen atoms in total. The van der Waals surface area contributed by atoms with Crippen LogP contribution in [0.1, 0.15) is 32.6 Å². The third-order valence-electron chi connectivity index (χ3n) is 5.63. The van der Waals surface area contributed by atoms with Crippen molar-refractivity contribution in [1.29, 1.82) is 0 Å². The summed E-state index contributed by atoms with van der Waals surface area (Å²) in [6.07, 6.45) is 5.73. The quantitative estimate of drug-likeness (QED) is 0.751. The summed E-state index contributed by atoms with van der Waals surface area (Å²) in [5.41, 5.74) is 0. The highest BCUT2D eigenvalue weighted by atomic mass is 16.7. The molecule has 6 heteroatoms. The van der Waals surface area contributed by atoms with Crippen LogP contribution in [0.15, 0.2) is 11.8 Å². The van der Waals surface area contributed by atoms with Gasteiger partial charge >= 0.3 is 0 Å². The van der Waals surface area contributed by atoms with Gasteiger partial charge in [0.05, 0.1) is 0 Å². The highest BCUT2D eigenvalue weighted by Crippen LogP contribution is 2.47. The van der Waals surface area contributed by atoms with Crippen LogP contribution in [0.5, 0.6) is 0 Å². The van der Waals surface area contributed by atoms with Gasteiger partial charge in [0.2, 0.25) is 6.29 Å². The normalized spacial score (nSPS) is 30.8. The van der Waals surface area contributed by atoms with Crippen LogP contribution in [-0.2, 0) is 14.3 Å². The van der Waals surface area contributed by atoms with Crippen molar-refractivity contribution in [3.8, 4) is 0 Å². The number of nitrogens with zero attached hydrogens (tertiary/aromatic N) is 2. The minimum Gasteiger partial charge on any atom is -0.459 e. The minimum absolute atomic E-state index is 0.00376. The van der Waals surface area contributed by atoms with E-state index in [0.29, 0.717) is 24.2 Å². The zero-order valence-corrected chi connectivity index (χ0v) is 15.5. The summed E-state index contributed by atoms with van der Waals surface area (Å²) < 4.78 is 11.9. The molecule has 0 spiro atoms. The molecule has 3 rings (SSSR count). The third-order valence-corrected chi connectivity index (χ3v) is 5.63. The fourth-order valence-electron chi connectivity index (χ4n) is 3.96. The molecule has 0 bridgehead atoms. The van der Waals surface area contributed by atoms with Crippen LogP contribution in [0.2, 0.25) is 0 Å². The van der Waals surface area contributed by atoms with E-state index in [1.807, 2.05) is 11.8 Å². The standard InChI is InChI=1S/C19H32N2O4/c1-3-24-19-15(5-4-12-22)16(14-6-7-14)13-17(25-19)18(23)21-10-8-20(2)9-11-21/h13-16,19,22H,3-12H2,1-2H3/t15-,16-,19-/m0/s1. The maximum Gasteiger partial charge on any atom is 0.288 e. The van der Waals surface area contributed by atoms with Crippen molar-refractivity contribution in [2.75, 3.05) is 46.4 Å². The number of rotatable bonds is 7. The van der Waals surface area contributed by atoms with Gasteiger partial charge in [-0.15, -0.1) is 0 Å². The summed E-state index contributed by atoms with van der Waals surface area (Å²) in [6, 6.07) is 0. The van der Waals surface area contributed by atoms with Gasteiger partial charge in [-0.1, -0.05) is 0 Å². The highest BCUT2D eigenvalue weighted by molar-refractivity contribution is 5.91. The zero-order valence-electron chi connectivity index (χ0n) is 15.5. The summed E-state index contributed by atoms with van der Waals surface area (Å²) >= 11 is 0. The Labute approximate surface area is 150 Å². The molecule has 0 unspecified atom stereocenters. The van der Waals surface area contributed by atoms with E-state index in [1.165, 1.54) is 12.8 Å². The van der Waals surface area contributed by atoms with E-state index in [0.717, 1.165) is 39.0 Å². The first-order valence-corrected chi connectivity index (χ1v) is 9.72. The zero-order chi connectivity index (χ0) is 17.8. The Balaban J connectivity index is 1.75. The van der Waals surface area contributed by atoms with Crippen LogP contribution < -0.4 is 0 Å². The second-order valence-electron chi connectivity index (χ2n) is 7.51. The van der Waals surface area contributed by atoms with Crippen molar-refractivity contribution in [2.24, 2.45) is 17.8 Å². The van der Waals surface area contributed by atoms with E-state index in [4.69, 9.17) is 9.47 Å². The Bertz CT molecular complexity index is 484. The predicted molar refractivity (Wildman–Crippen MR) is 94.7 cm³/mol. The number of hydrogen-bond acceptors (Lipinski definition) is 5. The van der Waals surface area contributed by atoms with Crippen LogP contribution in [-0.4, -0.2) is 73.5 Å². The molecule has 2 aliphatic heterocycles. The van der Waals surface area contributed by atoms with Gasteiger partial charge in [-0.2, -0.15) is 0 Å². The summed E-state index contributed by atoms with van der Waals surface area (Å²) in [7, 11) is 2.08. The Morgan fingerprint density at radius 3 is 2.64 bits per heavy atom. The van der Waals surface area contributed by atoms with Crippen molar-refractivity contribution < 1.29 is 19.4 Å². The third kappa shape index (κ3) is 4.54. The highest BCUT2D eigenvalue weighted by Gasteiger charge is 2.44. The van der Waals surface area contributed by atoms with E-state index in [1.54, 1.807) is 0 Å². The molecule has 1 N–H and O–H groups in total. The molecule has 142 valence electrons. The van der Waals surface area contributed by atoms with Gasteiger partial charge in [-0.25, -0.2) is 0 Å². The molecule has 1 amide bonds. The lowest BCUT2D eigenvalue weighted by Gasteiger charge is -2.39. The maximum absolute atomic E-state index is 12.9. The SMILES string of the molecule is CCO[C@H]1OC(C(=O)N2CCN(C)CC2)=C[C@@H](C2CC2)[C@@H]1CCCO. The Morgan fingerprint density at radius 2 is 2.04 bits per heavy atom. The monoisotopic (exact) mass is 352 g/mol. The molecule has 3 atom stereocenters. The predicted octanol–water partition coefficient (Wildman–Crippen LogP) is 1.45. The van der Waals surface area contributed by atoms with Gasteiger partial charge in [0, 0.05) is 45.3 Å². The van der Waals surface area contributed by atoms with Gasteiger partial charge in [-0.05, 0) is 57.6 Å². The van der Waals surface area contributed by atoms with Crippen LogP contribution in [0.3, 0.4) is 0 Å². The summed E-state index contributed by atoms with van der Waals surface area (Å²) in [5.74, 6) is 1.65. The molecule has 1 saturated carbocycles. The van der Waals surface area contributed by atoms with Crippen LogP contribution >= 0.6 is 0 Å². The van der Waals surface area contributed by atoms with Crippen molar-refractivity contribution in [3.63, 3.8) is 0 Å². The minimum atomic E-state index is -0.376. The Morgan fingerprint density at radius 1 is 1.32 bits per heavy atom. The summed E-state index contributed by atoms with van der Waals surface area (Å²) in [5, 5.41) is 9.22. The molecule has 0 aromatic rings. The average Bonchev–Trinajstić information content (AvgIpc) is 3.45. The number of allylic oxidation sites excluding steroid dienone is 1. The van der Waals surface area contributed by atoms with Gasteiger partial charge in [0.1, 0.15) is 0 Å². The topological polar surface area (TPSA) is 62.2 Å². The van der Waals surface area contributed by atoms with E-state index in [-0.39, 0.29) is 24.7 Å². The lowest BCUT2D eigenvalue weighted by molar-refractivity contribution is -0.177. The molecule has 2 heterocycles. The maximum atomic E-state index is 12.9. The molecule has 1 aliphatic carbocycles. The van der Waals surface area contributed by atoms with Crippen molar-refractivity contribution in [2.45, 2.75) is 38.9 Å². The van der Waals surface area contributed by atoms with Gasteiger partial charge < -0.3 is 24.4 Å². The van der Waals surface area contributed by atoms with E-state index >= 15 is 0 Å². The number of carbonyl (C=O) groups is 1. The molecule has 0 radical (unpaired) electrons. The summed E-state index contributed by atoms with van der Waals surface area (Å²) in [4.78, 5) is 17.1. The fraction of sp³-hybridized carbons (Fsp3) is 0.842. The molecule has 25 heavy (non-hydrogen) atoms. The van der Waals surface area contributed by atoms with E-state index in [9.17, 15) is 9.90 Å². The van der Waals surface area contributed by atoms with Crippen LogP contribution in [0.25, 0.3) is 0 Å². The second kappa shape index (κ2) is 8.52. The number of aliphatic hydroxyl groups is 1. The first kappa shape index (κ1) is 18.7. The lowest BCUT2D eigenvalue weighted by Crippen LogP contribution is -2.49. The molecule has 2 fully saturated rings. The fourth-order valence-corrected chi connectivity index (χ4v) is 3.96. The van der Waals surface area contributed by atoms with Gasteiger partial charge in [-0.3, -0.25) is 4.79 Å². The van der Waals surface area contributed by atoms with Gasteiger partial charge in [0.25, 0.3) is 5.91 Å². The number of amides is 1. The number of likely N-dealkylation sites (N-methyl/N-ethyl adjacent to an activating group) is 1.